The molecule has 3 rings (SSSR count). The number of aromatic nitrogens is 1. The lowest BCUT2D eigenvalue weighted by atomic mass is 10.2. The number of rotatable bonds is 4. The van der Waals surface area contributed by atoms with E-state index >= 15 is 0 Å². The minimum absolute atomic E-state index is 0.00360. The Balaban J connectivity index is 1.91. The predicted octanol–water partition coefficient (Wildman–Crippen LogP) is 4.49. The quantitative estimate of drug-likeness (QED) is 0.521. The summed E-state index contributed by atoms with van der Waals surface area (Å²) < 4.78 is 1.11. The highest BCUT2D eigenvalue weighted by atomic mass is 35.5. The summed E-state index contributed by atoms with van der Waals surface area (Å²) in [5, 5.41) is 12.4. The summed E-state index contributed by atoms with van der Waals surface area (Å²) >= 11 is 7.43. The van der Waals surface area contributed by atoms with Crippen molar-refractivity contribution in [1.82, 2.24) is 4.98 Å². The zero-order chi connectivity index (χ0) is 15.7. The Labute approximate surface area is 135 Å². The van der Waals surface area contributed by atoms with Crippen molar-refractivity contribution >= 4 is 44.5 Å². The molecule has 1 aromatic heterocycles. The van der Waals surface area contributed by atoms with Crippen LogP contribution in [0, 0.1) is 10.1 Å². The molecule has 0 radical (unpaired) electrons. The molecular formula is C15H12ClN3O2S. The van der Waals surface area contributed by atoms with Gasteiger partial charge in [0.1, 0.15) is 10.7 Å². The second-order valence-electron chi connectivity index (χ2n) is 4.82. The maximum Gasteiger partial charge on any atom is 0.294 e. The Morgan fingerprint density at radius 1 is 1.32 bits per heavy atom. The van der Waals surface area contributed by atoms with Gasteiger partial charge in [0, 0.05) is 18.1 Å². The van der Waals surface area contributed by atoms with Gasteiger partial charge in [0.05, 0.1) is 21.7 Å². The molecule has 0 aliphatic heterocycles. The van der Waals surface area contributed by atoms with Gasteiger partial charge in [0.25, 0.3) is 5.69 Å². The number of hydrogen-bond donors (Lipinski definition) is 0. The lowest BCUT2D eigenvalue weighted by molar-refractivity contribution is -0.384. The van der Waals surface area contributed by atoms with Gasteiger partial charge < -0.3 is 4.90 Å². The van der Waals surface area contributed by atoms with Crippen LogP contribution in [0.2, 0.25) is 5.02 Å². The molecule has 0 spiro atoms. The van der Waals surface area contributed by atoms with Gasteiger partial charge in [-0.2, -0.15) is 0 Å². The zero-order valence-electron chi connectivity index (χ0n) is 11.7. The topological polar surface area (TPSA) is 59.3 Å². The van der Waals surface area contributed by atoms with Crippen LogP contribution in [0.3, 0.4) is 0 Å². The standard InChI is InChI=1S/C15H12ClN3O2S/c1-18(12-7-6-10(16)8-13(12)19(20)21)9-15-17-11-4-2-3-5-14(11)22-15/h2-8H,9H2,1H3. The van der Waals surface area contributed by atoms with Crippen LogP contribution >= 0.6 is 22.9 Å². The fourth-order valence-electron chi connectivity index (χ4n) is 2.24. The van der Waals surface area contributed by atoms with E-state index in [1.54, 1.807) is 23.5 Å². The summed E-state index contributed by atoms with van der Waals surface area (Å²) in [6.45, 7) is 0.502. The van der Waals surface area contributed by atoms with Gasteiger partial charge in [-0.3, -0.25) is 10.1 Å². The van der Waals surface area contributed by atoms with Crippen molar-refractivity contribution in [1.29, 1.82) is 0 Å². The minimum Gasteiger partial charge on any atom is -0.362 e. The van der Waals surface area contributed by atoms with Crippen molar-refractivity contribution in [2.45, 2.75) is 6.54 Å². The summed E-state index contributed by atoms with van der Waals surface area (Å²) in [6.07, 6.45) is 0. The smallest absolute Gasteiger partial charge is 0.294 e. The molecular weight excluding hydrogens is 322 g/mol. The summed E-state index contributed by atoms with van der Waals surface area (Å²) in [5.74, 6) is 0. The van der Waals surface area contributed by atoms with Gasteiger partial charge in [-0.15, -0.1) is 11.3 Å². The summed E-state index contributed by atoms with van der Waals surface area (Å²) in [7, 11) is 1.81. The van der Waals surface area contributed by atoms with E-state index in [4.69, 9.17) is 11.6 Å². The second kappa shape index (κ2) is 5.90. The highest BCUT2D eigenvalue weighted by Crippen LogP contribution is 2.32. The number of nitrogens with zero attached hydrogens (tertiary/aromatic N) is 3. The van der Waals surface area contributed by atoms with Crippen molar-refractivity contribution in [2.24, 2.45) is 0 Å². The maximum absolute atomic E-state index is 11.2. The van der Waals surface area contributed by atoms with E-state index in [1.807, 2.05) is 36.2 Å². The minimum atomic E-state index is -0.421. The van der Waals surface area contributed by atoms with Gasteiger partial charge in [0.15, 0.2) is 0 Å². The fourth-order valence-corrected chi connectivity index (χ4v) is 3.43. The molecule has 0 aliphatic rings. The van der Waals surface area contributed by atoms with Crippen molar-refractivity contribution in [3.05, 3.63) is 62.6 Å². The molecule has 0 amide bonds. The van der Waals surface area contributed by atoms with E-state index in [2.05, 4.69) is 4.98 Å². The number of fused-ring (bicyclic) bond motifs is 1. The number of thiazole rings is 1. The average Bonchev–Trinajstić information content (AvgIpc) is 2.89. The Kier molecular flexibility index (Phi) is 3.96. The first-order valence-corrected chi connectivity index (χ1v) is 7.73. The van der Waals surface area contributed by atoms with Gasteiger partial charge in [-0.25, -0.2) is 4.98 Å². The number of halogens is 1. The van der Waals surface area contributed by atoms with E-state index < -0.39 is 4.92 Å². The normalized spacial score (nSPS) is 10.8. The average molecular weight is 334 g/mol. The van der Waals surface area contributed by atoms with Crippen LogP contribution in [0.25, 0.3) is 10.2 Å². The van der Waals surface area contributed by atoms with E-state index in [9.17, 15) is 10.1 Å². The van der Waals surface area contributed by atoms with E-state index in [0.29, 0.717) is 17.3 Å². The first-order chi connectivity index (χ1) is 10.5. The van der Waals surface area contributed by atoms with Crippen molar-refractivity contribution in [3.8, 4) is 0 Å². The SMILES string of the molecule is CN(Cc1nc2ccccc2s1)c1ccc(Cl)cc1[N+](=O)[O-]. The highest BCUT2D eigenvalue weighted by molar-refractivity contribution is 7.18. The monoisotopic (exact) mass is 333 g/mol. The third kappa shape index (κ3) is 2.88. The van der Waals surface area contributed by atoms with Crippen LogP contribution < -0.4 is 4.90 Å². The molecule has 7 heteroatoms. The summed E-state index contributed by atoms with van der Waals surface area (Å²) in [6, 6.07) is 12.6. The van der Waals surface area contributed by atoms with Crippen LogP contribution in [-0.4, -0.2) is 17.0 Å². The Morgan fingerprint density at radius 3 is 2.82 bits per heavy atom. The van der Waals surface area contributed by atoms with Crippen LogP contribution in [0.4, 0.5) is 11.4 Å². The third-order valence-electron chi connectivity index (χ3n) is 3.26. The number of nitro benzene ring substituents is 1. The Bertz CT molecular complexity index is 817. The van der Waals surface area contributed by atoms with Crippen molar-refractivity contribution in [3.63, 3.8) is 0 Å². The second-order valence-corrected chi connectivity index (χ2v) is 6.37. The third-order valence-corrected chi connectivity index (χ3v) is 4.51. The first-order valence-electron chi connectivity index (χ1n) is 6.54. The molecule has 1 heterocycles. The van der Waals surface area contributed by atoms with E-state index in [-0.39, 0.29) is 5.69 Å². The van der Waals surface area contributed by atoms with Crippen LogP contribution in [0.5, 0.6) is 0 Å². The molecule has 0 saturated carbocycles. The Hall–Kier alpha value is -2.18. The molecule has 0 N–H and O–H groups in total. The predicted molar refractivity (Wildman–Crippen MR) is 89.8 cm³/mol. The van der Waals surface area contributed by atoms with Gasteiger partial charge >= 0.3 is 0 Å². The molecule has 0 bridgehead atoms. The molecule has 0 saturated heterocycles. The molecule has 0 aliphatic carbocycles. The molecule has 0 fully saturated rings. The molecule has 22 heavy (non-hydrogen) atoms. The number of benzene rings is 2. The number of para-hydroxylation sites is 1. The molecule has 2 aromatic carbocycles. The lowest BCUT2D eigenvalue weighted by Crippen LogP contribution is -2.17. The lowest BCUT2D eigenvalue weighted by Gasteiger charge is -2.17. The molecule has 3 aromatic rings. The first kappa shape index (κ1) is 14.7. The zero-order valence-corrected chi connectivity index (χ0v) is 13.3. The largest absolute Gasteiger partial charge is 0.362 e. The van der Waals surface area contributed by atoms with Gasteiger partial charge in [0.2, 0.25) is 0 Å². The maximum atomic E-state index is 11.2. The summed E-state index contributed by atoms with van der Waals surface area (Å²) in [4.78, 5) is 17.1. The number of nitro groups is 1. The fraction of sp³-hybridized carbons (Fsp3) is 0.133. The highest BCUT2D eigenvalue weighted by Gasteiger charge is 2.18. The molecule has 0 unspecified atom stereocenters. The van der Waals surface area contributed by atoms with E-state index in [0.717, 1.165) is 15.2 Å². The van der Waals surface area contributed by atoms with E-state index in [1.165, 1.54) is 6.07 Å². The van der Waals surface area contributed by atoms with Gasteiger partial charge in [-0.05, 0) is 24.3 Å². The molecule has 5 nitrogen and oxygen atoms in total. The number of anilines is 1. The van der Waals surface area contributed by atoms with Gasteiger partial charge in [-0.1, -0.05) is 23.7 Å². The molecule has 112 valence electrons. The van der Waals surface area contributed by atoms with Crippen molar-refractivity contribution < 1.29 is 4.92 Å². The number of hydrogen-bond acceptors (Lipinski definition) is 5. The van der Waals surface area contributed by atoms with Crippen molar-refractivity contribution in [2.75, 3.05) is 11.9 Å². The Morgan fingerprint density at radius 2 is 2.09 bits per heavy atom. The molecule has 0 atom stereocenters. The van der Waals surface area contributed by atoms with Crippen LogP contribution in [0.1, 0.15) is 5.01 Å². The van der Waals surface area contributed by atoms with Crippen LogP contribution in [0.15, 0.2) is 42.5 Å². The summed E-state index contributed by atoms with van der Waals surface area (Å²) in [5.41, 5.74) is 1.46. The van der Waals surface area contributed by atoms with Crippen LogP contribution in [-0.2, 0) is 6.54 Å².